The lowest BCUT2D eigenvalue weighted by Gasteiger charge is -2.07. The highest BCUT2D eigenvalue weighted by Crippen LogP contribution is 2.10. The largest absolute Gasteiger partial charge is 0.399 e. The van der Waals surface area contributed by atoms with Crippen LogP contribution in [0.3, 0.4) is 0 Å². The van der Waals surface area contributed by atoms with E-state index in [-0.39, 0.29) is 17.8 Å². The molecule has 0 fully saturated rings. The quantitative estimate of drug-likeness (QED) is 0.639. The van der Waals surface area contributed by atoms with Crippen LogP contribution >= 0.6 is 0 Å². The number of benzene rings is 1. The third-order valence-electron chi connectivity index (χ3n) is 1.74. The van der Waals surface area contributed by atoms with Crippen molar-refractivity contribution in [3.05, 3.63) is 29.6 Å². The fourth-order valence-electron chi connectivity index (χ4n) is 1.09. The van der Waals surface area contributed by atoms with E-state index in [0.717, 1.165) is 12.1 Å². The lowest BCUT2D eigenvalue weighted by Crippen LogP contribution is -2.30. The number of hydrogen-bond acceptors (Lipinski definition) is 3. The summed E-state index contributed by atoms with van der Waals surface area (Å²) in [5.74, 6) is -1.01. The Morgan fingerprint density at radius 2 is 2.27 bits per heavy atom. The molecular weight excluding hydrogens is 199 g/mol. The van der Waals surface area contributed by atoms with E-state index < -0.39 is 17.8 Å². The Hall–Kier alpha value is -1.62. The predicted octanol–water partition coefficient (Wildman–Crippen LogP) is 0.519. The molecule has 0 unspecified atom stereocenters. The molecule has 5 heteroatoms. The zero-order valence-corrected chi connectivity index (χ0v) is 8.33. The van der Waals surface area contributed by atoms with Crippen LogP contribution in [0.4, 0.5) is 10.1 Å². The van der Waals surface area contributed by atoms with Gasteiger partial charge in [0.05, 0.1) is 6.10 Å². The van der Waals surface area contributed by atoms with Crippen molar-refractivity contribution in [2.45, 2.75) is 13.0 Å². The van der Waals surface area contributed by atoms with Gasteiger partial charge in [-0.3, -0.25) is 4.79 Å². The number of carbonyl (C=O) groups excluding carboxylic acids is 1. The van der Waals surface area contributed by atoms with E-state index in [2.05, 4.69) is 5.32 Å². The number of hydrogen-bond donors (Lipinski definition) is 3. The van der Waals surface area contributed by atoms with Gasteiger partial charge < -0.3 is 16.2 Å². The first kappa shape index (κ1) is 11.5. The summed E-state index contributed by atoms with van der Waals surface area (Å²) >= 11 is 0. The minimum absolute atomic E-state index is 0.120. The Morgan fingerprint density at radius 1 is 1.60 bits per heavy atom. The minimum Gasteiger partial charge on any atom is -0.399 e. The van der Waals surface area contributed by atoms with Gasteiger partial charge in [-0.1, -0.05) is 0 Å². The van der Waals surface area contributed by atoms with E-state index in [1.165, 1.54) is 6.07 Å². The van der Waals surface area contributed by atoms with Gasteiger partial charge >= 0.3 is 0 Å². The summed E-state index contributed by atoms with van der Waals surface area (Å²) in [5, 5.41) is 11.4. The zero-order valence-electron chi connectivity index (χ0n) is 8.33. The number of nitrogens with one attached hydrogen (secondary N) is 1. The Bertz CT molecular complexity index is 346. The van der Waals surface area contributed by atoms with Gasteiger partial charge in [-0.2, -0.15) is 0 Å². The first-order chi connectivity index (χ1) is 6.99. The van der Waals surface area contributed by atoms with Crippen molar-refractivity contribution in [3.63, 3.8) is 0 Å². The second-order valence-electron chi connectivity index (χ2n) is 3.33. The van der Waals surface area contributed by atoms with Crippen molar-refractivity contribution >= 4 is 11.6 Å². The molecule has 0 bridgehead atoms. The molecule has 1 aromatic carbocycles. The van der Waals surface area contributed by atoms with E-state index >= 15 is 0 Å². The van der Waals surface area contributed by atoms with Crippen molar-refractivity contribution in [2.24, 2.45) is 0 Å². The zero-order chi connectivity index (χ0) is 11.4. The van der Waals surface area contributed by atoms with E-state index in [1.54, 1.807) is 6.92 Å². The smallest absolute Gasteiger partial charge is 0.251 e. The molecule has 0 saturated carbocycles. The molecule has 0 aliphatic carbocycles. The highest BCUT2D eigenvalue weighted by molar-refractivity contribution is 5.95. The molecule has 82 valence electrons. The maximum absolute atomic E-state index is 12.9. The van der Waals surface area contributed by atoms with Crippen LogP contribution in [-0.2, 0) is 0 Å². The summed E-state index contributed by atoms with van der Waals surface area (Å²) in [7, 11) is 0. The standard InChI is InChI=1S/C10H13FN2O2/c1-6(14)5-13-10(15)7-2-8(11)4-9(12)3-7/h2-4,6,14H,5,12H2,1H3,(H,13,15)/t6-/m0/s1. The van der Waals surface area contributed by atoms with Crippen LogP contribution < -0.4 is 11.1 Å². The normalized spacial score (nSPS) is 12.2. The van der Waals surface area contributed by atoms with Gasteiger partial charge in [-0.05, 0) is 25.1 Å². The van der Waals surface area contributed by atoms with Crippen LogP contribution in [0.15, 0.2) is 18.2 Å². The molecule has 0 aromatic heterocycles. The molecule has 4 N–H and O–H groups in total. The summed E-state index contributed by atoms with van der Waals surface area (Å²) in [6.45, 7) is 1.66. The third-order valence-corrected chi connectivity index (χ3v) is 1.74. The highest BCUT2D eigenvalue weighted by atomic mass is 19.1. The molecule has 0 saturated heterocycles. The first-order valence-corrected chi connectivity index (χ1v) is 4.51. The number of halogens is 1. The van der Waals surface area contributed by atoms with Crippen LogP contribution in [0.25, 0.3) is 0 Å². The van der Waals surface area contributed by atoms with Crippen molar-refractivity contribution < 1.29 is 14.3 Å². The summed E-state index contributed by atoms with van der Waals surface area (Å²) in [5.41, 5.74) is 5.72. The Balaban J connectivity index is 2.73. The van der Waals surface area contributed by atoms with E-state index in [1.807, 2.05) is 0 Å². The van der Waals surface area contributed by atoms with Gasteiger partial charge in [0.15, 0.2) is 0 Å². The van der Waals surface area contributed by atoms with E-state index in [9.17, 15) is 9.18 Å². The highest BCUT2D eigenvalue weighted by Gasteiger charge is 2.08. The predicted molar refractivity (Wildman–Crippen MR) is 54.8 cm³/mol. The summed E-state index contributed by atoms with van der Waals surface area (Å²) in [4.78, 5) is 11.4. The summed E-state index contributed by atoms with van der Waals surface area (Å²) in [6, 6.07) is 3.60. The minimum atomic E-state index is -0.639. The number of nitrogen functional groups attached to an aromatic ring is 1. The van der Waals surface area contributed by atoms with Crippen LogP contribution in [0.2, 0.25) is 0 Å². The van der Waals surface area contributed by atoms with Crippen molar-refractivity contribution in [1.82, 2.24) is 5.32 Å². The van der Waals surface area contributed by atoms with Gasteiger partial charge in [0.25, 0.3) is 5.91 Å². The molecule has 0 aliphatic heterocycles. The number of amides is 1. The average Bonchev–Trinajstić information content (AvgIpc) is 2.12. The summed E-state index contributed by atoms with van der Waals surface area (Å²) < 4.78 is 12.9. The van der Waals surface area contributed by atoms with Crippen molar-refractivity contribution in [3.8, 4) is 0 Å². The maximum atomic E-state index is 12.9. The number of nitrogens with two attached hydrogens (primary N) is 1. The summed E-state index contributed by atoms with van der Waals surface area (Å²) in [6.07, 6.45) is -0.639. The molecular formula is C10H13FN2O2. The lowest BCUT2D eigenvalue weighted by molar-refractivity contribution is 0.0923. The van der Waals surface area contributed by atoms with Crippen molar-refractivity contribution in [2.75, 3.05) is 12.3 Å². The topological polar surface area (TPSA) is 75.3 Å². The van der Waals surface area contributed by atoms with Gasteiger partial charge in [0, 0.05) is 17.8 Å². The van der Waals surface area contributed by atoms with Crippen molar-refractivity contribution in [1.29, 1.82) is 0 Å². The van der Waals surface area contributed by atoms with Gasteiger partial charge in [0.2, 0.25) is 0 Å². The molecule has 15 heavy (non-hydrogen) atoms. The molecule has 0 aliphatic rings. The Labute approximate surface area is 86.9 Å². The fourth-order valence-corrected chi connectivity index (χ4v) is 1.09. The Kier molecular flexibility index (Phi) is 3.62. The molecule has 0 radical (unpaired) electrons. The van der Waals surface area contributed by atoms with Crippen LogP contribution in [0, 0.1) is 5.82 Å². The third kappa shape index (κ3) is 3.55. The second kappa shape index (κ2) is 4.75. The molecule has 1 atom stereocenters. The van der Waals surface area contributed by atoms with Gasteiger partial charge in [-0.25, -0.2) is 4.39 Å². The molecule has 0 heterocycles. The van der Waals surface area contributed by atoms with Gasteiger partial charge in [-0.15, -0.1) is 0 Å². The Morgan fingerprint density at radius 3 is 2.80 bits per heavy atom. The molecule has 1 amide bonds. The monoisotopic (exact) mass is 212 g/mol. The first-order valence-electron chi connectivity index (χ1n) is 4.51. The molecule has 0 spiro atoms. The van der Waals surface area contributed by atoms with E-state index in [4.69, 9.17) is 10.8 Å². The number of aliphatic hydroxyl groups excluding tert-OH is 1. The lowest BCUT2D eigenvalue weighted by atomic mass is 10.2. The van der Waals surface area contributed by atoms with Crippen LogP contribution in [0.5, 0.6) is 0 Å². The average molecular weight is 212 g/mol. The van der Waals surface area contributed by atoms with Crippen LogP contribution in [0.1, 0.15) is 17.3 Å². The molecule has 1 aromatic rings. The van der Waals surface area contributed by atoms with Crippen LogP contribution in [-0.4, -0.2) is 23.7 Å². The SMILES string of the molecule is C[C@H](O)CNC(=O)c1cc(N)cc(F)c1. The second-order valence-corrected chi connectivity index (χ2v) is 3.33. The van der Waals surface area contributed by atoms with Gasteiger partial charge in [0.1, 0.15) is 5.82 Å². The number of aliphatic hydroxyl groups is 1. The number of carbonyl (C=O) groups is 1. The molecule has 4 nitrogen and oxygen atoms in total. The van der Waals surface area contributed by atoms with E-state index in [0.29, 0.717) is 0 Å². The number of rotatable bonds is 3. The number of anilines is 1. The molecule has 1 rings (SSSR count). The maximum Gasteiger partial charge on any atom is 0.251 e. The fraction of sp³-hybridized carbons (Fsp3) is 0.300.